The van der Waals surface area contributed by atoms with E-state index in [9.17, 15) is 53.1 Å². The summed E-state index contributed by atoms with van der Waals surface area (Å²) in [6.07, 6.45) is 10.4. The molecule has 0 fully saturated rings. The van der Waals surface area contributed by atoms with Crippen molar-refractivity contribution in [3.8, 4) is 0 Å². The monoisotopic (exact) mass is 1550 g/mol. The number of ketones is 1. The Hall–Kier alpha value is -11.2. The summed E-state index contributed by atoms with van der Waals surface area (Å²) in [4.78, 5) is 143. The number of anilines is 5. The van der Waals surface area contributed by atoms with Crippen molar-refractivity contribution in [3.63, 3.8) is 0 Å². The van der Waals surface area contributed by atoms with Gasteiger partial charge in [0.15, 0.2) is 11.6 Å². The number of imidazole rings is 2. The molecule has 2 aromatic carbocycles. The average Bonchev–Trinajstić information content (AvgIpc) is 1.59. The fourth-order valence-corrected chi connectivity index (χ4v) is 12.3. The number of hydrogen-bond donors (Lipinski definition) is 8. The van der Waals surface area contributed by atoms with E-state index in [1.165, 1.54) is 38.2 Å². The molecule has 2 aliphatic heterocycles. The highest BCUT2D eigenvalue weighted by molar-refractivity contribution is 6.05. The molecule has 0 bridgehead atoms. The quantitative estimate of drug-likeness (QED) is 0.0254. The van der Waals surface area contributed by atoms with Crippen molar-refractivity contribution in [2.24, 2.45) is 35.2 Å². The lowest BCUT2D eigenvalue weighted by Crippen LogP contribution is -2.43. The maximum absolute atomic E-state index is 13.3. The first-order valence-corrected chi connectivity index (χ1v) is 37.0. The predicted molar refractivity (Wildman–Crippen MR) is 413 cm³/mol. The number of aliphatic hydroxyl groups is 1. The molecule has 35 nitrogen and oxygen atoms in total. The summed E-state index contributed by atoms with van der Waals surface area (Å²) in [5.74, 6) is -3.47. The van der Waals surface area contributed by atoms with Crippen molar-refractivity contribution < 1.29 is 86.2 Å². The Morgan fingerprint density at radius 3 is 1.63 bits per heavy atom. The van der Waals surface area contributed by atoms with Gasteiger partial charge in [-0.2, -0.15) is 0 Å². The minimum atomic E-state index is -0.629. The van der Waals surface area contributed by atoms with Crippen LogP contribution in [0.15, 0.2) is 104 Å². The van der Waals surface area contributed by atoms with Crippen LogP contribution in [0.25, 0.3) is 5.57 Å². The molecule has 7 heterocycles. The Morgan fingerprint density at radius 1 is 0.482 bits per heavy atom. The van der Waals surface area contributed by atoms with Crippen LogP contribution in [0.2, 0.25) is 0 Å². The Balaban J connectivity index is 0.521. The molecule has 9 amide bonds. The van der Waals surface area contributed by atoms with Crippen molar-refractivity contribution in [1.29, 1.82) is 0 Å². The molecular formula is C77H101N17O18. The third-order valence-electron chi connectivity index (χ3n) is 18.2. The number of aliphatic hydroxyl groups excluding tert-OH is 1. The number of hydrogen-bond acceptors (Lipinski definition) is 21. The SMILES string of the molecule is CC(=O)N1CCN(Cc2ccccc2CO)c2cc(C3=CCN(C(=O)COCCOCCOCCOCCOCCOCCOCCNC(=O)CCNC(=O)c4nc(CC(=O)CCNC(=O)c5cc(NC(=O)c6nc(NC(=O)CCNC(=O)c7cc(NC(=O)c8cccn8C)cn7C)cn6C)cn5C)cn4C)CC3)ccc21. The minimum Gasteiger partial charge on any atom is -0.392 e. The third kappa shape index (κ3) is 25.7. The van der Waals surface area contributed by atoms with Gasteiger partial charge in [0.05, 0.1) is 127 Å². The topological polar surface area (TPSA) is 400 Å². The largest absolute Gasteiger partial charge is 0.392 e. The van der Waals surface area contributed by atoms with Gasteiger partial charge in [0, 0.05) is 151 Å². The number of aromatic nitrogens is 7. The van der Waals surface area contributed by atoms with E-state index in [0.717, 1.165) is 33.6 Å². The summed E-state index contributed by atoms with van der Waals surface area (Å²) >= 11 is 0. The van der Waals surface area contributed by atoms with Gasteiger partial charge in [0.25, 0.3) is 29.5 Å². The smallest absolute Gasteiger partial charge is 0.291 e. The molecule has 0 spiro atoms. The number of ether oxygens (including phenoxy) is 7. The van der Waals surface area contributed by atoms with Gasteiger partial charge in [-0.15, -0.1) is 0 Å². The molecule has 0 radical (unpaired) electrons. The van der Waals surface area contributed by atoms with Gasteiger partial charge in [0.2, 0.25) is 29.5 Å². The molecule has 602 valence electrons. The number of fused-ring (bicyclic) bond motifs is 1. The van der Waals surface area contributed by atoms with Gasteiger partial charge >= 0.3 is 0 Å². The number of benzene rings is 2. The third-order valence-corrected chi connectivity index (χ3v) is 18.2. The van der Waals surface area contributed by atoms with E-state index in [1.807, 2.05) is 41.3 Å². The van der Waals surface area contributed by atoms with Crippen LogP contribution in [-0.2, 0) is 112 Å². The van der Waals surface area contributed by atoms with Gasteiger partial charge in [-0.25, -0.2) is 9.97 Å². The summed E-state index contributed by atoms with van der Waals surface area (Å²) < 4.78 is 46.6. The van der Waals surface area contributed by atoms with Crippen molar-refractivity contribution in [2.75, 3.05) is 171 Å². The van der Waals surface area contributed by atoms with Gasteiger partial charge < -0.3 is 113 Å². The second-order valence-corrected chi connectivity index (χ2v) is 26.5. The molecule has 0 unspecified atom stereocenters. The first kappa shape index (κ1) is 84.8. The number of carbonyl (C=O) groups is 10. The van der Waals surface area contributed by atoms with E-state index >= 15 is 0 Å². The fraction of sp³-hybridized carbons (Fsp3) is 0.455. The number of rotatable bonds is 46. The average molecular weight is 1550 g/mol. The lowest BCUT2D eigenvalue weighted by atomic mass is 9.97. The molecule has 7 aromatic rings. The predicted octanol–water partition coefficient (Wildman–Crippen LogP) is 2.90. The van der Waals surface area contributed by atoms with Crippen LogP contribution in [0, 0.1) is 0 Å². The second-order valence-electron chi connectivity index (χ2n) is 26.5. The van der Waals surface area contributed by atoms with Gasteiger partial charge in [0.1, 0.15) is 29.5 Å². The van der Waals surface area contributed by atoms with E-state index in [-0.39, 0.29) is 142 Å². The van der Waals surface area contributed by atoms with Crippen molar-refractivity contribution in [2.45, 2.75) is 52.2 Å². The molecule has 0 saturated carbocycles. The molecule has 112 heavy (non-hydrogen) atoms. The van der Waals surface area contributed by atoms with E-state index in [2.05, 4.69) is 64.2 Å². The highest BCUT2D eigenvalue weighted by Gasteiger charge is 2.29. The van der Waals surface area contributed by atoms with E-state index in [0.29, 0.717) is 129 Å². The van der Waals surface area contributed by atoms with Crippen LogP contribution >= 0.6 is 0 Å². The van der Waals surface area contributed by atoms with Gasteiger partial charge in [-0.3, -0.25) is 47.9 Å². The number of aryl methyl sites for hydroxylation is 5. The van der Waals surface area contributed by atoms with Crippen molar-refractivity contribution in [3.05, 3.63) is 155 Å². The zero-order valence-corrected chi connectivity index (χ0v) is 64.2. The van der Waals surface area contributed by atoms with Gasteiger partial charge in [-0.1, -0.05) is 36.4 Å². The lowest BCUT2D eigenvalue weighted by Gasteiger charge is -2.38. The standard InChI is InChI=1S/C77H101N17O18/c1-53(96)94-28-27-93(46-56-10-7-8-11-57(56)51-95)64-42-55(13-14-62(64)94)54-18-25-92(26-19-54)70(100)52-112-41-40-111-39-38-110-37-36-109-35-34-108-33-32-107-31-30-106-29-23-78-68(98)16-21-81-76(104)71-82-58(49-90(71)5)43-61(97)15-20-79-73(101)66-45-60(48-89(66)4)84-77(105)72-86-67(50-91(72)6)85-69(99)17-22-80-74(102)65-44-59(47-88(65)3)83-75(103)63-12-9-24-87(63)2/h7-14,18,24,42,44-45,47-50,95H,15-17,19-23,25-41,43,46,51-52H2,1-6H3,(H,78,98)(H,79,101)(H,80,102)(H,81,104)(H,83,103)(H,84,105)(H,85,99). The molecular weight excluding hydrogens is 1450 g/mol. The number of carbonyl (C=O) groups excluding carboxylic acids is 10. The summed E-state index contributed by atoms with van der Waals surface area (Å²) in [5, 5.41) is 28.8. The Bertz CT molecular complexity index is 4420. The van der Waals surface area contributed by atoms with Crippen LogP contribution in [0.1, 0.15) is 108 Å². The maximum atomic E-state index is 13.3. The zero-order chi connectivity index (χ0) is 79.9. The van der Waals surface area contributed by atoms with Crippen LogP contribution in [0.3, 0.4) is 0 Å². The normalized spacial score (nSPS) is 12.6. The molecule has 0 atom stereocenters. The van der Waals surface area contributed by atoms with Crippen LogP contribution < -0.4 is 47.0 Å². The number of nitrogens with zero attached hydrogens (tertiary/aromatic N) is 10. The Morgan fingerprint density at radius 2 is 1.04 bits per heavy atom. The summed E-state index contributed by atoms with van der Waals surface area (Å²) in [5.41, 5.74) is 7.89. The highest BCUT2D eigenvalue weighted by Crippen LogP contribution is 2.38. The Labute approximate surface area is 648 Å². The highest BCUT2D eigenvalue weighted by atomic mass is 16.6. The lowest BCUT2D eigenvalue weighted by molar-refractivity contribution is -0.136. The molecule has 0 saturated heterocycles. The number of amides is 9. The van der Waals surface area contributed by atoms with Gasteiger partial charge in [-0.05, 0) is 65.1 Å². The van der Waals surface area contributed by atoms with E-state index in [4.69, 9.17) is 33.2 Å². The maximum Gasteiger partial charge on any atom is 0.291 e. The molecule has 35 heteroatoms. The van der Waals surface area contributed by atoms with Crippen molar-refractivity contribution in [1.82, 2.24) is 59.0 Å². The fourth-order valence-electron chi connectivity index (χ4n) is 12.3. The second kappa shape index (κ2) is 43.4. The van der Waals surface area contributed by atoms with E-state index < -0.39 is 29.5 Å². The molecule has 9 rings (SSSR count). The summed E-state index contributed by atoms with van der Waals surface area (Å²) in [6.45, 7) is 9.24. The zero-order valence-electron chi connectivity index (χ0n) is 64.2. The molecule has 0 aliphatic carbocycles. The summed E-state index contributed by atoms with van der Waals surface area (Å²) in [7, 11) is 8.18. The molecule has 8 N–H and O–H groups in total. The molecule has 2 aliphatic rings. The first-order valence-electron chi connectivity index (χ1n) is 37.0. The Kier molecular flexibility index (Phi) is 32.9. The number of nitrogens with one attached hydrogen (secondary N) is 7. The van der Waals surface area contributed by atoms with Crippen molar-refractivity contribution >= 4 is 93.1 Å². The molecule has 5 aromatic heterocycles. The van der Waals surface area contributed by atoms with E-state index in [1.54, 1.807) is 86.9 Å². The minimum absolute atomic E-state index is 0.00650. The van der Waals surface area contributed by atoms with Crippen LogP contribution in [0.4, 0.5) is 28.6 Å². The summed E-state index contributed by atoms with van der Waals surface area (Å²) in [6, 6.07) is 20.4. The first-order chi connectivity index (χ1) is 54.1. The van der Waals surface area contributed by atoms with Crippen LogP contribution in [-0.4, -0.2) is 247 Å². The number of Topliss-reactive ketones (excluding diaryl/α,β-unsaturated/α-hetero) is 1. The van der Waals surface area contributed by atoms with Crippen LogP contribution in [0.5, 0.6) is 0 Å².